The van der Waals surface area contributed by atoms with Crippen LogP contribution < -0.4 is 5.69 Å². The van der Waals surface area contributed by atoms with Crippen LogP contribution >= 0.6 is 0 Å². The molecule has 2 rings (SSSR count). The highest BCUT2D eigenvalue weighted by Gasteiger charge is 1.97. The molecule has 0 saturated heterocycles. The third kappa shape index (κ3) is 0.569. The first-order valence-electron chi connectivity index (χ1n) is 2.50. The number of imidazole rings is 1. The van der Waals surface area contributed by atoms with E-state index in [0.717, 1.165) is 0 Å². The van der Waals surface area contributed by atoms with Gasteiger partial charge >= 0.3 is 5.69 Å². The summed E-state index contributed by atoms with van der Waals surface area (Å²) in [5.41, 5.74) is 0.282. The van der Waals surface area contributed by atoms with Gasteiger partial charge in [-0.3, -0.25) is 9.97 Å². The van der Waals surface area contributed by atoms with E-state index in [-0.39, 0.29) is 5.69 Å². The van der Waals surface area contributed by atoms with Crippen molar-refractivity contribution in [2.24, 2.45) is 0 Å². The predicted octanol–water partition coefficient (Wildman–Crippen LogP) is -1.56. The van der Waals surface area contributed by atoms with E-state index in [0.29, 0.717) is 11.3 Å². The van der Waals surface area contributed by atoms with Crippen molar-refractivity contribution >= 4 is 11.3 Å². The van der Waals surface area contributed by atoms with E-state index in [9.17, 15) is 4.79 Å². The fourth-order valence-corrected chi connectivity index (χ4v) is 0.639. The van der Waals surface area contributed by atoms with Crippen LogP contribution in [-0.4, -0.2) is 30.6 Å². The van der Waals surface area contributed by atoms with Crippen molar-refractivity contribution in [2.45, 2.75) is 0 Å². The monoisotopic (exact) mass is 138 g/mol. The summed E-state index contributed by atoms with van der Waals surface area (Å²) >= 11 is 0. The van der Waals surface area contributed by atoms with Crippen LogP contribution in [0.4, 0.5) is 0 Å². The molecule has 0 radical (unpaired) electrons. The highest BCUT2D eigenvalue weighted by molar-refractivity contribution is 5.61. The predicted molar refractivity (Wildman–Crippen MR) is 30.1 cm³/mol. The van der Waals surface area contributed by atoms with Crippen LogP contribution in [0, 0.1) is 0 Å². The number of aromatic nitrogens is 6. The Kier molecular flexibility index (Phi) is 0.802. The minimum absolute atomic E-state index is 0.319. The Morgan fingerprint density at radius 2 is 1.50 bits per heavy atom. The number of nitrogens with one attached hydrogen (secondary N) is 2. The third-order valence-electron chi connectivity index (χ3n) is 1.02. The van der Waals surface area contributed by atoms with E-state index in [1.807, 2.05) is 0 Å². The van der Waals surface area contributed by atoms with Gasteiger partial charge in [0.1, 0.15) is 0 Å². The van der Waals surface area contributed by atoms with Crippen LogP contribution in [0.2, 0.25) is 0 Å². The van der Waals surface area contributed by atoms with Crippen molar-refractivity contribution in [3.8, 4) is 0 Å². The second kappa shape index (κ2) is 1.59. The van der Waals surface area contributed by atoms with Crippen LogP contribution in [0.15, 0.2) is 4.79 Å². The molecule has 0 aliphatic rings. The van der Waals surface area contributed by atoms with Crippen LogP contribution in [0.1, 0.15) is 0 Å². The number of nitrogens with zero attached hydrogens (tertiary/aromatic N) is 4. The van der Waals surface area contributed by atoms with Gasteiger partial charge in [0.2, 0.25) is 11.3 Å². The van der Waals surface area contributed by atoms with Crippen molar-refractivity contribution < 1.29 is 0 Å². The molecule has 7 heteroatoms. The maximum atomic E-state index is 10.5. The summed E-state index contributed by atoms with van der Waals surface area (Å²) in [5.74, 6) is 0. The summed E-state index contributed by atoms with van der Waals surface area (Å²) < 4.78 is 0. The van der Waals surface area contributed by atoms with Gasteiger partial charge in [0.05, 0.1) is 0 Å². The Balaban J connectivity index is 3.01. The molecule has 0 bridgehead atoms. The normalized spacial score (nSPS) is 10.4. The van der Waals surface area contributed by atoms with Crippen LogP contribution in [0.3, 0.4) is 0 Å². The van der Waals surface area contributed by atoms with Gasteiger partial charge in [-0.25, -0.2) is 4.79 Å². The Morgan fingerprint density at radius 1 is 1.00 bits per heavy atom. The summed E-state index contributed by atoms with van der Waals surface area (Å²) in [6.45, 7) is 0. The average Bonchev–Trinajstić information content (AvgIpc) is 2.27. The van der Waals surface area contributed by atoms with Gasteiger partial charge in [0.25, 0.3) is 0 Å². The van der Waals surface area contributed by atoms with Gasteiger partial charge in [-0.05, 0) is 10.4 Å². The molecule has 50 valence electrons. The summed E-state index contributed by atoms with van der Waals surface area (Å²) in [4.78, 5) is 15.3. The van der Waals surface area contributed by atoms with Crippen molar-refractivity contribution in [1.82, 2.24) is 30.6 Å². The number of fused-ring (bicyclic) bond motifs is 1. The van der Waals surface area contributed by atoms with E-state index in [4.69, 9.17) is 0 Å². The standard InChI is InChI=1S/C3H2N6O/c10-3-4-1-2(5-3)7-9-8-6-1/h(H2,4,5,6,7,8,9,10). The zero-order valence-electron chi connectivity index (χ0n) is 4.70. The molecular formula is C3H2N6O. The van der Waals surface area contributed by atoms with Gasteiger partial charge in [-0.1, -0.05) is 0 Å². The lowest BCUT2D eigenvalue weighted by atomic mass is 10.8. The highest BCUT2D eigenvalue weighted by atomic mass is 16.1. The minimum Gasteiger partial charge on any atom is -0.287 e. The molecule has 7 nitrogen and oxygen atoms in total. The van der Waals surface area contributed by atoms with E-state index in [2.05, 4.69) is 30.6 Å². The fraction of sp³-hybridized carbons (Fsp3) is 0. The first kappa shape index (κ1) is 5.03. The van der Waals surface area contributed by atoms with E-state index in [1.54, 1.807) is 0 Å². The molecule has 0 saturated carbocycles. The van der Waals surface area contributed by atoms with Gasteiger partial charge in [0, 0.05) is 0 Å². The Bertz CT molecular complexity index is 364. The molecule has 0 amide bonds. The average molecular weight is 138 g/mol. The first-order valence-corrected chi connectivity index (χ1v) is 2.50. The largest absolute Gasteiger partial charge is 0.326 e. The van der Waals surface area contributed by atoms with Gasteiger partial charge in [-0.15, -0.1) is 10.2 Å². The van der Waals surface area contributed by atoms with Gasteiger partial charge in [0.15, 0.2) is 0 Å². The molecule has 2 heterocycles. The summed E-state index contributed by atoms with van der Waals surface area (Å²) in [7, 11) is 0. The maximum absolute atomic E-state index is 10.5. The Labute approximate surface area is 53.5 Å². The zero-order valence-corrected chi connectivity index (χ0v) is 4.70. The molecule has 2 aromatic rings. The highest BCUT2D eigenvalue weighted by Crippen LogP contribution is 1.90. The SMILES string of the molecule is O=c1[nH]c2nnnnc2[nH]1. The van der Waals surface area contributed by atoms with E-state index in [1.165, 1.54) is 0 Å². The second-order valence-electron chi connectivity index (χ2n) is 1.66. The smallest absolute Gasteiger partial charge is 0.287 e. The minimum atomic E-state index is -0.357. The van der Waals surface area contributed by atoms with Crippen molar-refractivity contribution in [3.63, 3.8) is 0 Å². The fourth-order valence-electron chi connectivity index (χ4n) is 0.639. The third-order valence-corrected chi connectivity index (χ3v) is 1.02. The summed E-state index contributed by atoms with van der Waals surface area (Å²) in [6.07, 6.45) is 0. The van der Waals surface area contributed by atoms with Gasteiger partial charge in [-0.2, -0.15) is 0 Å². The molecule has 10 heavy (non-hydrogen) atoms. The number of aromatic amines is 2. The van der Waals surface area contributed by atoms with Crippen LogP contribution in [0.5, 0.6) is 0 Å². The van der Waals surface area contributed by atoms with Crippen LogP contribution in [-0.2, 0) is 0 Å². The number of H-pyrrole nitrogens is 2. The molecular weight excluding hydrogens is 136 g/mol. The number of rotatable bonds is 0. The molecule has 0 fully saturated rings. The lowest BCUT2D eigenvalue weighted by Crippen LogP contribution is -1.99. The van der Waals surface area contributed by atoms with Crippen LogP contribution in [0.25, 0.3) is 11.3 Å². The zero-order chi connectivity index (χ0) is 6.97. The molecule has 0 atom stereocenters. The second-order valence-corrected chi connectivity index (χ2v) is 1.66. The lowest BCUT2D eigenvalue weighted by Gasteiger charge is -1.77. The van der Waals surface area contributed by atoms with Gasteiger partial charge < -0.3 is 0 Å². The molecule has 0 aromatic carbocycles. The maximum Gasteiger partial charge on any atom is 0.326 e. The summed E-state index contributed by atoms with van der Waals surface area (Å²) in [5, 5.41) is 13.4. The molecule has 0 aliphatic heterocycles. The van der Waals surface area contributed by atoms with E-state index >= 15 is 0 Å². The molecule has 2 aromatic heterocycles. The number of hydrogen-bond donors (Lipinski definition) is 2. The molecule has 0 unspecified atom stereocenters. The summed E-state index contributed by atoms with van der Waals surface area (Å²) in [6, 6.07) is 0. The number of hydrogen-bond acceptors (Lipinski definition) is 5. The molecule has 0 spiro atoms. The lowest BCUT2D eigenvalue weighted by molar-refractivity contribution is 0.790. The molecule has 0 aliphatic carbocycles. The van der Waals surface area contributed by atoms with Crippen molar-refractivity contribution in [2.75, 3.05) is 0 Å². The first-order chi connectivity index (χ1) is 4.86. The molecule has 2 N–H and O–H groups in total. The topological polar surface area (TPSA) is 100 Å². The van der Waals surface area contributed by atoms with E-state index < -0.39 is 0 Å². The van der Waals surface area contributed by atoms with Crippen molar-refractivity contribution in [1.29, 1.82) is 0 Å². The Hall–Kier alpha value is -1.79. The quantitative estimate of drug-likeness (QED) is 0.458. The van der Waals surface area contributed by atoms with Crippen molar-refractivity contribution in [3.05, 3.63) is 10.5 Å². The Morgan fingerprint density at radius 3 is 2.00 bits per heavy atom.